The van der Waals surface area contributed by atoms with Gasteiger partial charge in [0.05, 0.1) is 42.3 Å². The van der Waals surface area contributed by atoms with E-state index in [0.717, 1.165) is 21.8 Å². The number of carbonyl (C=O) groups is 1. The first-order valence-electron chi connectivity index (χ1n) is 9.39. The first-order valence-corrected chi connectivity index (χ1v) is 9.39. The highest BCUT2D eigenvalue weighted by molar-refractivity contribution is 5.78. The zero-order valence-electron chi connectivity index (χ0n) is 18.0. The van der Waals surface area contributed by atoms with E-state index >= 15 is 0 Å². The zero-order chi connectivity index (χ0) is 19.4. The van der Waals surface area contributed by atoms with E-state index in [1.165, 1.54) is 22.5 Å². The van der Waals surface area contributed by atoms with Crippen molar-refractivity contribution in [2.24, 2.45) is 0 Å². The fraction of sp³-hybridized carbons (Fsp3) is 0.435. The lowest BCUT2D eigenvalue weighted by atomic mass is 10.0. The molecule has 0 bridgehead atoms. The third kappa shape index (κ3) is 8.56. The largest absolute Gasteiger partial charge is 1.00 e. The van der Waals surface area contributed by atoms with Crippen LogP contribution < -0.4 is 42.9 Å². The van der Waals surface area contributed by atoms with Gasteiger partial charge in [-0.25, -0.2) is 0 Å². The standard InChI is InChI=1S/C23H34N2O.2BrH/c1-24(2,3)21-13-7-19(8-14-21)11-17-23(26)18-12-20-9-15-22(16-10-20)25(4,5)6;;/h7-10,13-16H,11-12,17-18H2,1-6H3;2*1H/q+2;;/p-2. The number of quaternary nitrogens is 2. The van der Waals surface area contributed by atoms with Crippen LogP contribution in [0.15, 0.2) is 48.5 Å². The highest BCUT2D eigenvalue weighted by Crippen LogP contribution is 2.19. The number of aryl methyl sites for hydroxylation is 2. The van der Waals surface area contributed by atoms with Gasteiger partial charge in [-0.2, -0.15) is 0 Å². The van der Waals surface area contributed by atoms with E-state index in [9.17, 15) is 4.79 Å². The van der Waals surface area contributed by atoms with Crippen LogP contribution >= 0.6 is 0 Å². The van der Waals surface area contributed by atoms with E-state index in [1.807, 2.05) is 0 Å². The van der Waals surface area contributed by atoms with Gasteiger partial charge in [-0.1, -0.05) is 24.3 Å². The van der Waals surface area contributed by atoms with Gasteiger partial charge in [0.15, 0.2) is 0 Å². The molecule has 2 aromatic carbocycles. The van der Waals surface area contributed by atoms with Crippen LogP contribution in [0.3, 0.4) is 0 Å². The lowest BCUT2D eigenvalue weighted by Gasteiger charge is -2.23. The normalized spacial score (nSPS) is 11.4. The molecule has 0 spiro atoms. The second-order valence-corrected chi connectivity index (χ2v) is 8.90. The quantitative estimate of drug-likeness (QED) is 0.381. The molecule has 28 heavy (non-hydrogen) atoms. The molecule has 0 aliphatic carbocycles. The monoisotopic (exact) mass is 512 g/mol. The highest BCUT2D eigenvalue weighted by atomic mass is 79.9. The van der Waals surface area contributed by atoms with Gasteiger partial charge in [0, 0.05) is 12.8 Å². The summed E-state index contributed by atoms with van der Waals surface area (Å²) in [6.07, 6.45) is 2.91. The Morgan fingerprint density at radius 3 is 1.14 bits per heavy atom. The summed E-state index contributed by atoms with van der Waals surface area (Å²) in [5.41, 5.74) is 5.03. The van der Waals surface area contributed by atoms with E-state index in [1.54, 1.807) is 0 Å². The fourth-order valence-corrected chi connectivity index (χ4v) is 2.91. The number of rotatable bonds is 8. The van der Waals surface area contributed by atoms with Crippen molar-refractivity contribution < 1.29 is 38.8 Å². The summed E-state index contributed by atoms with van der Waals surface area (Å²) < 4.78 is 1.62. The first kappa shape index (κ1) is 27.0. The summed E-state index contributed by atoms with van der Waals surface area (Å²) >= 11 is 0. The Morgan fingerprint density at radius 1 is 0.607 bits per heavy atom. The number of benzene rings is 2. The highest BCUT2D eigenvalue weighted by Gasteiger charge is 2.13. The van der Waals surface area contributed by atoms with Gasteiger partial charge < -0.3 is 34.0 Å². The summed E-state index contributed by atoms with van der Waals surface area (Å²) in [5.74, 6) is 0.344. The molecule has 0 unspecified atom stereocenters. The van der Waals surface area contributed by atoms with Crippen LogP contribution in [0.5, 0.6) is 0 Å². The second kappa shape index (κ2) is 11.2. The molecular formula is C23H34Br2N2O. The lowest BCUT2D eigenvalue weighted by molar-refractivity contribution is -0.119. The molecule has 5 heteroatoms. The number of Topliss-reactive ketones (excluding diaryl/α,β-unsaturated/α-hetero) is 1. The predicted molar refractivity (Wildman–Crippen MR) is 114 cm³/mol. The molecule has 0 amide bonds. The van der Waals surface area contributed by atoms with Gasteiger partial charge in [0.25, 0.3) is 0 Å². The van der Waals surface area contributed by atoms with Crippen molar-refractivity contribution in [2.45, 2.75) is 25.7 Å². The van der Waals surface area contributed by atoms with Gasteiger partial charge in [0.1, 0.15) is 17.2 Å². The molecule has 0 saturated heterocycles. The van der Waals surface area contributed by atoms with Crippen LogP contribution in [0.25, 0.3) is 0 Å². The molecule has 2 rings (SSSR count). The molecule has 0 aliphatic heterocycles. The summed E-state index contributed by atoms with van der Waals surface area (Å²) in [6, 6.07) is 17.2. The van der Waals surface area contributed by atoms with E-state index in [0.29, 0.717) is 18.6 Å². The molecule has 3 nitrogen and oxygen atoms in total. The van der Waals surface area contributed by atoms with Gasteiger partial charge in [-0.15, -0.1) is 0 Å². The van der Waals surface area contributed by atoms with Crippen LogP contribution in [0, 0.1) is 0 Å². The summed E-state index contributed by atoms with van der Waals surface area (Å²) in [7, 11) is 12.9. The number of hydrogen-bond acceptors (Lipinski definition) is 1. The maximum atomic E-state index is 12.2. The number of halogens is 2. The van der Waals surface area contributed by atoms with Crippen molar-refractivity contribution in [1.29, 1.82) is 0 Å². The van der Waals surface area contributed by atoms with Crippen LogP contribution in [-0.2, 0) is 17.6 Å². The summed E-state index contributed by atoms with van der Waals surface area (Å²) in [6.45, 7) is 0. The molecule has 0 heterocycles. The Kier molecular flexibility index (Phi) is 10.8. The average molecular weight is 514 g/mol. The minimum atomic E-state index is 0. The van der Waals surface area contributed by atoms with Crippen molar-refractivity contribution in [3.63, 3.8) is 0 Å². The number of carbonyl (C=O) groups excluding carboxylic acids is 1. The van der Waals surface area contributed by atoms with Crippen molar-refractivity contribution in [2.75, 3.05) is 42.3 Å². The van der Waals surface area contributed by atoms with Crippen molar-refractivity contribution in [1.82, 2.24) is 8.97 Å². The Morgan fingerprint density at radius 2 is 0.893 bits per heavy atom. The molecule has 0 saturated carbocycles. The van der Waals surface area contributed by atoms with E-state index in [4.69, 9.17) is 0 Å². The topological polar surface area (TPSA) is 17.1 Å². The van der Waals surface area contributed by atoms with Crippen LogP contribution in [0.1, 0.15) is 24.0 Å². The molecule has 0 fully saturated rings. The number of hydrogen-bond donors (Lipinski definition) is 0. The van der Waals surface area contributed by atoms with Crippen molar-refractivity contribution >= 4 is 17.2 Å². The number of ketones is 1. The van der Waals surface area contributed by atoms with Crippen LogP contribution in [-0.4, -0.2) is 48.1 Å². The number of nitrogens with zero attached hydrogens (tertiary/aromatic N) is 2. The predicted octanol–water partition coefficient (Wildman–Crippen LogP) is -1.78. The van der Waals surface area contributed by atoms with Crippen molar-refractivity contribution in [3.05, 3.63) is 59.7 Å². The smallest absolute Gasteiger partial charge is 0.133 e. The average Bonchev–Trinajstić information content (AvgIpc) is 2.57. The summed E-state index contributed by atoms with van der Waals surface area (Å²) in [5, 5.41) is 0. The Hall–Kier alpha value is -1.01. The van der Waals surface area contributed by atoms with Crippen LogP contribution in [0.4, 0.5) is 11.4 Å². The molecule has 2 aromatic rings. The Balaban J connectivity index is 0.00000364. The Bertz CT molecular complexity index is 664. The van der Waals surface area contributed by atoms with Crippen LogP contribution in [0.2, 0.25) is 0 Å². The maximum Gasteiger partial charge on any atom is 0.133 e. The zero-order valence-corrected chi connectivity index (χ0v) is 21.2. The van der Waals surface area contributed by atoms with E-state index in [2.05, 4.69) is 90.8 Å². The molecular weight excluding hydrogens is 480 g/mol. The van der Waals surface area contributed by atoms with Gasteiger partial charge in [-0.3, -0.25) is 13.8 Å². The van der Waals surface area contributed by atoms with E-state index < -0.39 is 0 Å². The second-order valence-electron chi connectivity index (χ2n) is 8.90. The third-order valence-corrected chi connectivity index (χ3v) is 4.81. The molecule has 0 N–H and O–H groups in total. The fourth-order valence-electron chi connectivity index (χ4n) is 2.91. The molecule has 0 aliphatic rings. The maximum absolute atomic E-state index is 12.2. The minimum absolute atomic E-state index is 0. The van der Waals surface area contributed by atoms with E-state index in [-0.39, 0.29) is 34.0 Å². The third-order valence-electron chi connectivity index (χ3n) is 4.81. The minimum Gasteiger partial charge on any atom is -1.00 e. The van der Waals surface area contributed by atoms with Gasteiger partial charge in [-0.05, 0) is 48.2 Å². The molecule has 0 radical (unpaired) electrons. The molecule has 0 aromatic heterocycles. The van der Waals surface area contributed by atoms with Crippen molar-refractivity contribution in [3.8, 4) is 0 Å². The Labute approximate surface area is 192 Å². The van der Waals surface area contributed by atoms with Gasteiger partial charge >= 0.3 is 0 Å². The molecule has 0 atom stereocenters. The first-order chi connectivity index (χ1) is 12.1. The van der Waals surface area contributed by atoms with Gasteiger partial charge in [0.2, 0.25) is 0 Å². The summed E-state index contributed by atoms with van der Waals surface area (Å²) in [4.78, 5) is 12.2. The lowest BCUT2D eigenvalue weighted by Crippen LogP contribution is -3.00. The molecule has 156 valence electrons. The SMILES string of the molecule is C[N+](C)(C)c1ccc(CCC(=O)CCc2ccc([N+](C)(C)C)cc2)cc1.[Br-].[Br-].